The number of halogens is 1. The van der Waals surface area contributed by atoms with Gasteiger partial charge in [0.15, 0.2) is 0 Å². The number of aliphatic hydroxyl groups is 2. The van der Waals surface area contributed by atoms with Crippen LogP contribution in [0.4, 0.5) is 0 Å². The molecule has 5 aliphatic carbocycles. The summed E-state index contributed by atoms with van der Waals surface area (Å²) in [5.74, 6) is 1.16. The van der Waals surface area contributed by atoms with Gasteiger partial charge >= 0.3 is 0 Å². The second-order valence-corrected chi connectivity index (χ2v) is 10.7. The van der Waals surface area contributed by atoms with E-state index in [2.05, 4.69) is 25.3 Å². The number of likely N-dealkylation sites (tertiary alicyclic amines) is 1. The number of rotatable bonds is 1. The lowest BCUT2D eigenvalue weighted by Gasteiger charge is -2.65. The highest BCUT2D eigenvalue weighted by Gasteiger charge is 2.85. The van der Waals surface area contributed by atoms with Crippen molar-refractivity contribution in [3.63, 3.8) is 0 Å². The Bertz CT molecular complexity index is 741. The number of piperidine rings is 1. The van der Waals surface area contributed by atoms with Gasteiger partial charge in [0, 0.05) is 35.8 Å². The summed E-state index contributed by atoms with van der Waals surface area (Å²) in [5, 5.41) is 22.8. The van der Waals surface area contributed by atoms with Crippen molar-refractivity contribution in [2.24, 2.45) is 39.9 Å². The highest BCUT2D eigenvalue weighted by atomic mass is 35.5. The second-order valence-electron chi connectivity index (χ2n) is 10.7. The number of fused-ring (bicyclic) bond motifs is 1. The Kier molecular flexibility index (Phi) is 3.57. The Morgan fingerprint density at radius 3 is 2.74 bits per heavy atom. The lowest BCUT2D eigenvalue weighted by atomic mass is 9.43. The molecule has 10 atom stereocenters. The van der Waals surface area contributed by atoms with E-state index in [1.807, 2.05) is 0 Å². The summed E-state index contributed by atoms with van der Waals surface area (Å²) in [4.78, 5) is 15.6. The van der Waals surface area contributed by atoms with E-state index in [1.165, 1.54) is 0 Å². The smallest absolute Gasteiger partial charge is 0.140 e. The monoisotopic (exact) mass is 393 g/mol. The number of hydrogen-bond acceptors (Lipinski definition) is 4. The molecule has 150 valence electrons. The fraction of sp³-hybridized carbons (Fsp3) is 0.864. The summed E-state index contributed by atoms with van der Waals surface area (Å²) in [6, 6.07) is 0.331. The molecule has 1 saturated heterocycles. The molecule has 0 aromatic carbocycles. The van der Waals surface area contributed by atoms with Gasteiger partial charge in [-0.05, 0) is 61.0 Å². The molecule has 27 heavy (non-hydrogen) atoms. The predicted octanol–water partition coefficient (Wildman–Crippen LogP) is 2.42. The maximum atomic E-state index is 13.0. The van der Waals surface area contributed by atoms with Gasteiger partial charge in [0.2, 0.25) is 0 Å². The Labute approximate surface area is 167 Å². The molecule has 5 saturated carbocycles. The van der Waals surface area contributed by atoms with Gasteiger partial charge in [0.1, 0.15) is 5.78 Å². The third kappa shape index (κ3) is 1.62. The first kappa shape index (κ1) is 18.6. The van der Waals surface area contributed by atoms with E-state index in [-0.39, 0.29) is 52.4 Å². The van der Waals surface area contributed by atoms with Crippen LogP contribution in [-0.4, -0.2) is 52.2 Å². The summed E-state index contributed by atoms with van der Waals surface area (Å²) < 4.78 is 0. The van der Waals surface area contributed by atoms with Gasteiger partial charge in [-0.3, -0.25) is 9.69 Å². The van der Waals surface area contributed by atoms with Crippen LogP contribution in [0.2, 0.25) is 0 Å². The minimum atomic E-state index is -0.561. The SMILES string of the molecule is C=C1[C@H]2C[C@@]3([C@@H]1O)[C@@H](CC2=O)[C@]12[C@@H]4C[C@H]3[C@H]1N(CC)C[C@]4(C)CC[C@@H]2O.Cl. The molecule has 6 rings (SSSR count). The zero-order chi connectivity index (χ0) is 18.2. The number of nitrogens with zero attached hydrogens (tertiary/aromatic N) is 1. The Hall–Kier alpha value is -0.420. The molecule has 2 spiro atoms. The average molecular weight is 394 g/mol. The molecule has 0 radical (unpaired) electrons. The van der Waals surface area contributed by atoms with Gasteiger partial charge in [-0.2, -0.15) is 0 Å². The molecule has 6 fully saturated rings. The third-order valence-electron chi connectivity index (χ3n) is 10.4. The minimum absolute atomic E-state index is 0. The van der Waals surface area contributed by atoms with Crippen LogP contribution in [0.3, 0.4) is 0 Å². The number of carbonyl (C=O) groups is 1. The van der Waals surface area contributed by atoms with Crippen LogP contribution in [0.5, 0.6) is 0 Å². The van der Waals surface area contributed by atoms with E-state index in [0.29, 0.717) is 24.3 Å². The predicted molar refractivity (Wildman–Crippen MR) is 104 cm³/mol. The second kappa shape index (κ2) is 5.19. The molecular weight excluding hydrogens is 362 g/mol. The van der Waals surface area contributed by atoms with Crippen LogP contribution in [0.1, 0.15) is 46.0 Å². The molecule has 4 nitrogen and oxygen atoms in total. The summed E-state index contributed by atoms with van der Waals surface area (Å²) >= 11 is 0. The highest BCUT2D eigenvalue weighted by molar-refractivity contribution is 5.87. The number of aliphatic hydroxyl groups excluding tert-OH is 2. The molecule has 1 aliphatic heterocycles. The van der Waals surface area contributed by atoms with E-state index in [1.54, 1.807) is 0 Å². The van der Waals surface area contributed by atoms with E-state index < -0.39 is 6.10 Å². The minimum Gasteiger partial charge on any atom is -0.392 e. The van der Waals surface area contributed by atoms with E-state index in [9.17, 15) is 15.0 Å². The van der Waals surface area contributed by atoms with E-state index >= 15 is 0 Å². The van der Waals surface area contributed by atoms with Crippen molar-refractivity contribution < 1.29 is 15.0 Å². The largest absolute Gasteiger partial charge is 0.392 e. The molecule has 0 unspecified atom stereocenters. The zero-order valence-electron chi connectivity index (χ0n) is 16.4. The lowest BCUT2D eigenvalue weighted by molar-refractivity contribution is -0.211. The quantitative estimate of drug-likeness (QED) is 0.672. The summed E-state index contributed by atoms with van der Waals surface area (Å²) in [5.41, 5.74) is 0.598. The lowest BCUT2D eigenvalue weighted by Crippen LogP contribution is -2.68. The van der Waals surface area contributed by atoms with Crippen molar-refractivity contribution in [2.75, 3.05) is 13.1 Å². The van der Waals surface area contributed by atoms with Crippen LogP contribution < -0.4 is 0 Å². The molecule has 6 aliphatic rings. The molecule has 7 bridgehead atoms. The van der Waals surface area contributed by atoms with Crippen LogP contribution >= 0.6 is 12.4 Å². The third-order valence-corrected chi connectivity index (χ3v) is 10.4. The van der Waals surface area contributed by atoms with Crippen molar-refractivity contribution >= 4 is 18.2 Å². The molecular formula is C22H32ClNO3. The molecule has 0 aromatic rings. The van der Waals surface area contributed by atoms with Crippen molar-refractivity contribution in [1.82, 2.24) is 4.90 Å². The van der Waals surface area contributed by atoms with Gasteiger partial charge in [-0.15, -0.1) is 12.4 Å². The average Bonchev–Trinajstić information content (AvgIpc) is 3.14. The van der Waals surface area contributed by atoms with Crippen LogP contribution in [0.15, 0.2) is 12.2 Å². The standard InChI is InChI=1S/C22H31NO3.ClH/c1-4-23-10-20(3)6-5-17(25)22-15(20)7-13(18(22)23)21-9-12(11(2)19(21)26)14(24)8-16(21)22;/h12-13,15-19,25-26H,2,4-10H2,1,3H3;1H/t12-,13+,15-,16-,17+,18-,19-,20+,21+,22+;/m1./s1. The fourth-order valence-electron chi connectivity index (χ4n) is 9.75. The molecule has 0 amide bonds. The summed E-state index contributed by atoms with van der Waals surface area (Å²) in [6.07, 6.45) is 3.50. The number of ketones is 1. The van der Waals surface area contributed by atoms with Gasteiger partial charge < -0.3 is 10.2 Å². The fourth-order valence-corrected chi connectivity index (χ4v) is 9.75. The molecule has 2 N–H and O–H groups in total. The van der Waals surface area contributed by atoms with Gasteiger partial charge in [-0.1, -0.05) is 20.4 Å². The van der Waals surface area contributed by atoms with Crippen LogP contribution in [-0.2, 0) is 4.79 Å². The van der Waals surface area contributed by atoms with Crippen molar-refractivity contribution in [1.29, 1.82) is 0 Å². The first-order chi connectivity index (χ1) is 12.3. The van der Waals surface area contributed by atoms with E-state index in [0.717, 1.165) is 44.3 Å². The van der Waals surface area contributed by atoms with Gasteiger partial charge in [0.25, 0.3) is 0 Å². The first-order valence-corrected chi connectivity index (χ1v) is 10.6. The van der Waals surface area contributed by atoms with Crippen LogP contribution in [0.25, 0.3) is 0 Å². The zero-order valence-corrected chi connectivity index (χ0v) is 17.2. The Balaban J connectivity index is 0.00000160. The summed E-state index contributed by atoms with van der Waals surface area (Å²) in [7, 11) is 0. The van der Waals surface area contributed by atoms with Crippen molar-refractivity contribution in [3.05, 3.63) is 12.2 Å². The molecule has 1 heterocycles. The topological polar surface area (TPSA) is 60.8 Å². The first-order valence-electron chi connectivity index (χ1n) is 10.6. The van der Waals surface area contributed by atoms with Gasteiger partial charge in [-0.25, -0.2) is 0 Å². The summed E-state index contributed by atoms with van der Waals surface area (Å²) in [6.45, 7) is 10.9. The maximum Gasteiger partial charge on any atom is 0.140 e. The number of Topliss-reactive ketones (excluding diaryl/α,β-unsaturated/α-hetero) is 1. The van der Waals surface area contributed by atoms with Crippen molar-refractivity contribution in [3.8, 4) is 0 Å². The van der Waals surface area contributed by atoms with Crippen LogP contribution in [0, 0.1) is 39.9 Å². The van der Waals surface area contributed by atoms with Crippen molar-refractivity contribution in [2.45, 2.75) is 64.2 Å². The Morgan fingerprint density at radius 1 is 1.30 bits per heavy atom. The number of carbonyl (C=O) groups excluding carboxylic acids is 1. The Morgan fingerprint density at radius 2 is 2.04 bits per heavy atom. The number of hydrogen-bond donors (Lipinski definition) is 2. The maximum absolute atomic E-state index is 13.0. The normalized spacial score (nSPS) is 60.4. The molecule has 5 heteroatoms. The molecule has 0 aromatic heterocycles. The van der Waals surface area contributed by atoms with Gasteiger partial charge in [0.05, 0.1) is 12.2 Å². The highest BCUT2D eigenvalue weighted by Crippen LogP contribution is 2.83. The van der Waals surface area contributed by atoms with E-state index in [4.69, 9.17) is 0 Å².